The first-order chi connectivity index (χ1) is 25.8. The number of rotatable bonds is 9. The number of ether oxygens (including phenoxy) is 2. The van der Waals surface area contributed by atoms with E-state index in [0.29, 0.717) is 31.1 Å². The van der Waals surface area contributed by atoms with E-state index in [2.05, 4.69) is 63.8 Å². The molecule has 0 spiro atoms. The van der Waals surface area contributed by atoms with Gasteiger partial charge in [0.1, 0.15) is 17.7 Å². The molecule has 12 heteroatoms. The third kappa shape index (κ3) is 6.70. The Kier molecular flexibility index (Phi) is 9.30. The Hall–Kier alpha value is -5.75. The Morgan fingerprint density at radius 1 is 0.774 bits per heavy atom. The highest BCUT2D eigenvalue weighted by molar-refractivity contribution is 5.87. The number of aromatic amines is 2. The van der Waals surface area contributed by atoms with Crippen LogP contribution in [-0.2, 0) is 19.1 Å². The van der Waals surface area contributed by atoms with Gasteiger partial charge in [-0.05, 0) is 60.4 Å². The molecule has 8 rings (SSSR count). The van der Waals surface area contributed by atoms with Crippen molar-refractivity contribution in [2.45, 2.75) is 50.7 Å². The third-order valence-corrected chi connectivity index (χ3v) is 10.8. The quantitative estimate of drug-likeness (QED) is 0.156. The molecular formula is C41H43N7O5. The van der Waals surface area contributed by atoms with Crippen molar-refractivity contribution in [3.63, 3.8) is 0 Å². The molecule has 3 fully saturated rings. The highest BCUT2D eigenvalue weighted by atomic mass is 16.5. The molecule has 3 atom stereocenters. The van der Waals surface area contributed by atoms with E-state index < -0.39 is 17.6 Å². The molecule has 0 saturated carbocycles. The molecule has 3 aliphatic rings. The number of imidazole rings is 2. The van der Waals surface area contributed by atoms with Crippen molar-refractivity contribution in [1.29, 1.82) is 0 Å². The minimum Gasteiger partial charge on any atom is -0.453 e. The lowest BCUT2D eigenvalue weighted by atomic mass is 9.86. The minimum absolute atomic E-state index is 0.0423. The van der Waals surface area contributed by atoms with Gasteiger partial charge in [0.2, 0.25) is 5.91 Å². The molecule has 3 unspecified atom stereocenters. The van der Waals surface area contributed by atoms with E-state index in [9.17, 15) is 14.4 Å². The lowest BCUT2D eigenvalue weighted by molar-refractivity contribution is -0.169. The smallest absolute Gasteiger partial charge is 0.407 e. The van der Waals surface area contributed by atoms with Crippen LogP contribution in [0.5, 0.6) is 0 Å². The molecule has 3 amide bonds. The standard InChI is InChI=1S/C41H43N7O5/c1-41(24-53-25-41)39(50)48-21-7-11-34(48)37-43-23-32(45-37)29-18-14-27(15-19-29)26-12-16-28(17-13-26)31-22-42-36(44-31)33-10-6-20-47(33)38(49)35(46-40(51)52-2)30-8-4-3-5-9-30/h3-5,8-9,12-19,22-23,33-35H,6-7,10-11,20-21,24-25H2,1-2H3,(H,42,44)(H,43,45)(H,46,51). The van der Waals surface area contributed by atoms with Gasteiger partial charge in [-0.25, -0.2) is 14.8 Å². The zero-order valence-electron chi connectivity index (χ0n) is 29.9. The number of aromatic nitrogens is 4. The topological polar surface area (TPSA) is 146 Å². The number of H-pyrrole nitrogens is 2. The van der Waals surface area contributed by atoms with Gasteiger partial charge in [0.05, 0.1) is 61.6 Å². The number of methoxy groups -OCH3 is 1. The third-order valence-electron chi connectivity index (χ3n) is 10.8. The first-order valence-electron chi connectivity index (χ1n) is 18.2. The molecule has 5 heterocycles. The Labute approximate surface area is 307 Å². The summed E-state index contributed by atoms with van der Waals surface area (Å²) in [5.74, 6) is 1.50. The number of carbonyl (C=O) groups excluding carboxylic acids is 3. The second-order valence-electron chi connectivity index (χ2n) is 14.4. The van der Waals surface area contributed by atoms with Crippen LogP contribution in [0.1, 0.15) is 67.9 Å². The SMILES string of the molecule is COC(=O)NC(C(=O)N1CCCC1c1ncc(-c2ccc(-c3ccc(-c4cnc(C5CCCN5C(=O)C5(C)COC5)[nH]4)cc3)cc2)[nH]1)c1ccccc1. The number of nitrogens with zero attached hydrogens (tertiary/aromatic N) is 4. The van der Waals surface area contributed by atoms with Gasteiger partial charge < -0.3 is 34.6 Å². The molecule has 3 aromatic carbocycles. The molecule has 272 valence electrons. The predicted molar refractivity (Wildman–Crippen MR) is 198 cm³/mol. The fourth-order valence-corrected chi connectivity index (χ4v) is 7.75. The maximum Gasteiger partial charge on any atom is 0.407 e. The Bertz CT molecular complexity index is 2090. The summed E-state index contributed by atoms with van der Waals surface area (Å²) in [4.78, 5) is 59.4. The van der Waals surface area contributed by atoms with Gasteiger partial charge in [0.15, 0.2) is 0 Å². The summed E-state index contributed by atoms with van der Waals surface area (Å²) < 4.78 is 10.2. The van der Waals surface area contributed by atoms with Crippen LogP contribution >= 0.6 is 0 Å². The van der Waals surface area contributed by atoms with E-state index >= 15 is 0 Å². The number of carbonyl (C=O) groups is 3. The average molecular weight is 714 g/mol. The van der Waals surface area contributed by atoms with E-state index in [1.54, 1.807) is 4.90 Å². The molecule has 53 heavy (non-hydrogen) atoms. The summed E-state index contributed by atoms with van der Waals surface area (Å²) in [6.07, 6.45) is 6.46. The van der Waals surface area contributed by atoms with Crippen LogP contribution in [0.2, 0.25) is 0 Å². The van der Waals surface area contributed by atoms with Crippen LogP contribution in [0.25, 0.3) is 33.6 Å². The van der Waals surface area contributed by atoms with Crippen LogP contribution in [0.3, 0.4) is 0 Å². The Balaban J connectivity index is 0.933. The second kappa shape index (κ2) is 14.3. The highest BCUT2D eigenvalue weighted by Gasteiger charge is 2.47. The molecule has 5 aromatic rings. The van der Waals surface area contributed by atoms with Crippen molar-refractivity contribution in [3.8, 4) is 33.6 Å². The van der Waals surface area contributed by atoms with E-state index in [1.165, 1.54) is 7.11 Å². The van der Waals surface area contributed by atoms with Gasteiger partial charge in [-0.3, -0.25) is 9.59 Å². The summed E-state index contributed by atoms with van der Waals surface area (Å²) in [6, 6.07) is 24.7. The van der Waals surface area contributed by atoms with E-state index in [1.807, 2.05) is 54.5 Å². The lowest BCUT2D eigenvalue weighted by Crippen LogP contribution is -2.53. The van der Waals surface area contributed by atoms with Crippen molar-refractivity contribution in [1.82, 2.24) is 35.1 Å². The number of hydrogen-bond acceptors (Lipinski definition) is 7. The molecule has 2 aromatic heterocycles. The van der Waals surface area contributed by atoms with Crippen LogP contribution in [0.15, 0.2) is 91.3 Å². The second-order valence-corrected chi connectivity index (χ2v) is 14.4. The number of nitrogens with one attached hydrogen (secondary N) is 3. The Morgan fingerprint density at radius 2 is 1.28 bits per heavy atom. The van der Waals surface area contributed by atoms with E-state index in [4.69, 9.17) is 19.4 Å². The number of hydrogen-bond donors (Lipinski definition) is 3. The van der Waals surface area contributed by atoms with Crippen molar-refractivity contribution in [3.05, 3.63) is 108 Å². The molecule has 0 radical (unpaired) electrons. The van der Waals surface area contributed by atoms with Crippen molar-refractivity contribution in [2.75, 3.05) is 33.4 Å². The number of likely N-dealkylation sites (tertiary alicyclic amines) is 2. The molecule has 0 bridgehead atoms. The molecule has 3 aliphatic heterocycles. The van der Waals surface area contributed by atoms with Crippen molar-refractivity contribution < 1.29 is 23.9 Å². The first-order valence-corrected chi connectivity index (χ1v) is 18.2. The first kappa shape index (κ1) is 34.3. The van der Waals surface area contributed by atoms with Crippen LogP contribution in [0.4, 0.5) is 4.79 Å². The Morgan fingerprint density at radius 3 is 1.79 bits per heavy atom. The molecule has 12 nitrogen and oxygen atoms in total. The van der Waals surface area contributed by atoms with Gasteiger partial charge in [-0.15, -0.1) is 0 Å². The predicted octanol–water partition coefficient (Wildman–Crippen LogP) is 6.59. The van der Waals surface area contributed by atoms with Gasteiger partial charge in [0, 0.05) is 13.1 Å². The largest absolute Gasteiger partial charge is 0.453 e. The number of alkyl carbamates (subject to hydrolysis) is 1. The van der Waals surface area contributed by atoms with Crippen LogP contribution < -0.4 is 5.32 Å². The van der Waals surface area contributed by atoms with Crippen molar-refractivity contribution in [2.24, 2.45) is 5.41 Å². The molecule has 3 saturated heterocycles. The number of amides is 3. The fourth-order valence-electron chi connectivity index (χ4n) is 7.75. The highest BCUT2D eigenvalue weighted by Crippen LogP contribution is 2.38. The fraction of sp³-hybridized carbons (Fsp3) is 0.341. The van der Waals surface area contributed by atoms with E-state index in [0.717, 1.165) is 71.7 Å². The summed E-state index contributed by atoms with van der Waals surface area (Å²) in [5.41, 5.74) is 6.23. The number of benzene rings is 3. The molecule has 0 aliphatic carbocycles. The maximum atomic E-state index is 13.9. The van der Waals surface area contributed by atoms with Crippen molar-refractivity contribution >= 4 is 17.9 Å². The molecular weight excluding hydrogens is 670 g/mol. The summed E-state index contributed by atoms with van der Waals surface area (Å²) in [6.45, 7) is 4.26. The molecule has 3 N–H and O–H groups in total. The minimum atomic E-state index is -0.867. The van der Waals surface area contributed by atoms with Crippen LogP contribution in [-0.4, -0.2) is 81.1 Å². The monoisotopic (exact) mass is 713 g/mol. The summed E-state index contributed by atoms with van der Waals surface area (Å²) in [5, 5.41) is 2.71. The van der Waals surface area contributed by atoms with Gasteiger partial charge in [0.25, 0.3) is 5.91 Å². The lowest BCUT2D eigenvalue weighted by Gasteiger charge is -2.40. The van der Waals surface area contributed by atoms with Gasteiger partial charge in [-0.1, -0.05) is 78.9 Å². The van der Waals surface area contributed by atoms with E-state index in [-0.39, 0.29) is 23.9 Å². The normalized spacial score (nSPS) is 19.8. The zero-order chi connectivity index (χ0) is 36.5. The summed E-state index contributed by atoms with van der Waals surface area (Å²) >= 11 is 0. The van der Waals surface area contributed by atoms with Crippen LogP contribution in [0, 0.1) is 5.41 Å². The van der Waals surface area contributed by atoms with Gasteiger partial charge >= 0.3 is 6.09 Å². The zero-order valence-corrected chi connectivity index (χ0v) is 29.9. The summed E-state index contributed by atoms with van der Waals surface area (Å²) in [7, 11) is 1.29. The average Bonchev–Trinajstić information content (AvgIpc) is 4.03. The van der Waals surface area contributed by atoms with Gasteiger partial charge in [-0.2, -0.15) is 0 Å². The maximum absolute atomic E-state index is 13.9.